The summed E-state index contributed by atoms with van der Waals surface area (Å²) in [6.07, 6.45) is 2.54. The Morgan fingerprint density at radius 3 is 2.56 bits per heavy atom. The molecule has 1 N–H and O–H groups in total. The summed E-state index contributed by atoms with van der Waals surface area (Å²) >= 11 is 1.40. The molecule has 1 aromatic heterocycles. The molecule has 0 aliphatic rings. The average molecular weight is 353 g/mol. The highest BCUT2D eigenvalue weighted by Gasteiger charge is 2.09. The van der Waals surface area contributed by atoms with E-state index in [9.17, 15) is 4.79 Å². The van der Waals surface area contributed by atoms with Gasteiger partial charge in [-0.15, -0.1) is 11.3 Å². The quantitative estimate of drug-likeness (QED) is 0.643. The number of thiazole rings is 1. The number of rotatable bonds is 8. The molecule has 0 bridgehead atoms. The van der Waals surface area contributed by atoms with Crippen LogP contribution in [0.4, 0.5) is 0 Å². The number of aromatic carboxylic acids is 1. The van der Waals surface area contributed by atoms with Crippen molar-refractivity contribution < 1.29 is 14.6 Å². The normalized spacial score (nSPS) is 10.6. The summed E-state index contributed by atoms with van der Waals surface area (Å²) in [6, 6.07) is 18.1. The molecule has 0 amide bonds. The number of nitrogens with zero attached hydrogens (tertiary/aromatic N) is 1. The molecule has 0 atom stereocenters. The van der Waals surface area contributed by atoms with Gasteiger partial charge in [0.05, 0.1) is 5.01 Å². The van der Waals surface area contributed by atoms with Crippen LogP contribution in [0.3, 0.4) is 0 Å². The number of carboxylic acid groups (broad SMARTS) is 1. The first kappa shape index (κ1) is 17.2. The second-order valence-corrected chi connectivity index (χ2v) is 6.61. The molecule has 3 rings (SSSR count). The molecule has 0 fully saturated rings. The third-order valence-corrected chi connectivity index (χ3v) is 4.73. The molecule has 0 aliphatic carbocycles. The minimum atomic E-state index is -0.970. The first-order valence-corrected chi connectivity index (χ1v) is 9.02. The zero-order valence-corrected chi connectivity index (χ0v) is 14.5. The standard InChI is InChI=1S/C20H19NO3S/c22-20(23)17-14-25-19(21-17)12-6-10-16-9-4-5-11-18(16)24-13-15-7-2-1-3-8-15/h1-5,7-9,11,14H,6,10,12-13H2,(H,22,23). The number of carboxylic acids is 1. The Kier molecular flexibility index (Phi) is 5.80. The molecule has 25 heavy (non-hydrogen) atoms. The highest BCUT2D eigenvalue weighted by molar-refractivity contribution is 7.09. The monoisotopic (exact) mass is 353 g/mol. The van der Waals surface area contributed by atoms with Gasteiger partial charge in [-0.05, 0) is 36.5 Å². The summed E-state index contributed by atoms with van der Waals surface area (Å²) < 4.78 is 5.97. The maximum Gasteiger partial charge on any atom is 0.355 e. The SMILES string of the molecule is O=C(O)c1csc(CCCc2ccccc2OCc2ccccc2)n1. The Hall–Kier alpha value is -2.66. The lowest BCUT2D eigenvalue weighted by molar-refractivity contribution is 0.0691. The molecule has 0 saturated heterocycles. The minimum Gasteiger partial charge on any atom is -0.489 e. The van der Waals surface area contributed by atoms with Crippen LogP contribution in [0.25, 0.3) is 0 Å². The second kappa shape index (κ2) is 8.44. The van der Waals surface area contributed by atoms with Gasteiger partial charge in [0.1, 0.15) is 12.4 Å². The summed E-state index contributed by atoms with van der Waals surface area (Å²) in [5.41, 5.74) is 2.43. The van der Waals surface area contributed by atoms with E-state index in [4.69, 9.17) is 9.84 Å². The van der Waals surface area contributed by atoms with Gasteiger partial charge in [-0.2, -0.15) is 0 Å². The summed E-state index contributed by atoms with van der Waals surface area (Å²) in [4.78, 5) is 15.0. The smallest absolute Gasteiger partial charge is 0.355 e. The van der Waals surface area contributed by atoms with Crippen LogP contribution in [0.1, 0.15) is 33.0 Å². The number of benzene rings is 2. The van der Waals surface area contributed by atoms with Crippen LogP contribution in [-0.2, 0) is 19.4 Å². The number of hydrogen-bond acceptors (Lipinski definition) is 4. The van der Waals surface area contributed by atoms with Gasteiger partial charge >= 0.3 is 5.97 Å². The van der Waals surface area contributed by atoms with E-state index in [1.807, 2.05) is 48.5 Å². The largest absolute Gasteiger partial charge is 0.489 e. The Morgan fingerprint density at radius 2 is 1.80 bits per heavy atom. The molecular weight excluding hydrogens is 334 g/mol. The maximum absolute atomic E-state index is 10.9. The molecule has 0 unspecified atom stereocenters. The van der Waals surface area contributed by atoms with E-state index in [2.05, 4.69) is 11.1 Å². The molecule has 0 spiro atoms. The van der Waals surface area contributed by atoms with Gasteiger partial charge in [0.25, 0.3) is 0 Å². The Bertz CT molecular complexity index is 830. The van der Waals surface area contributed by atoms with Crippen molar-refractivity contribution in [2.45, 2.75) is 25.9 Å². The van der Waals surface area contributed by atoms with Crippen LogP contribution >= 0.6 is 11.3 Å². The van der Waals surface area contributed by atoms with Crippen molar-refractivity contribution in [3.63, 3.8) is 0 Å². The van der Waals surface area contributed by atoms with Gasteiger partial charge < -0.3 is 9.84 Å². The third kappa shape index (κ3) is 4.90. The van der Waals surface area contributed by atoms with Crippen LogP contribution in [0.2, 0.25) is 0 Å². The molecule has 128 valence electrons. The first-order chi connectivity index (χ1) is 12.2. The van der Waals surface area contributed by atoms with Crippen LogP contribution in [0.15, 0.2) is 60.0 Å². The molecule has 4 nitrogen and oxygen atoms in total. The lowest BCUT2D eigenvalue weighted by atomic mass is 10.1. The highest BCUT2D eigenvalue weighted by Crippen LogP contribution is 2.22. The topological polar surface area (TPSA) is 59.4 Å². The molecule has 3 aromatic rings. The number of carbonyl (C=O) groups is 1. The zero-order chi connectivity index (χ0) is 17.5. The Labute approximate surface area is 150 Å². The third-order valence-electron chi connectivity index (χ3n) is 3.82. The van der Waals surface area contributed by atoms with Gasteiger partial charge in [0.2, 0.25) is 0 Å². The van der Waals surface area contributed by atoms with E-state index >= 15 is 0 Å². The van der Waals surface area contributed by atoms with Crippen LogP contribution in [0, 0.1) is 0 Å². The predicted octanol–water partition coefficient (Wildman–Crippen LogP) is 4.60. The molecule has 1 heterocycles. The number of hydrogen-bond donors (Lipinski definition) is 1. The number of aryl methyl sites for hydroxylation is 2. The van der Waals surface area contributed by atoms with Gasteiger partial charge in [0.15, 0.2) is 5.69 Å². The zero-order valence-electron chi connectivity index (χ0n) is 13.7. The molecule has 0 aliphatic heterocycles. The van der Waals surface area contributed by atoms with E-state index in [1.165, 1.54) is 11.3 Å². The fraction of sp³-hybridized carbons (Fsp3) is 0.200. The maximum atomic E-state index is 10.9. The van der Waals surface area contributed by atoms with Gasteiger partial charge in [0, 0.05) is 5.38 Å². The van der Waals surface area contributed by atoms with Gasteiger partial charge in [-0.25, -0.2) is 9.78 Å². The molecular formula is C20H19NO3S. The van der Waals surface area contributed by atoms with Gasteiger partial charge in [-0.1, -0.05) is 48.5 Å². The molecule has 2 aromatic carbocycles. The Morgan fingerprint density at radius 1 is 1.04 bits per heavy atom. The number of para-hydroxylation sites is 1. The molecule has 0 radical (unpaired) electrons. The van der Waals surface area contributed by atoms with Gasteiger partial charge in [-0.3, -0.25) is 0 Å². The van der Waals surface area contributed by atoms with Crippen LogP contribution in [0.5, 0.6) is 5.75 Å². The van der Waals surface area contributed by atoms with Crippen molar-refractivity contribution in [3.05, 3.63) is 81.8 Å². The lowest BCUT2D eigenvalue weighted by Crippen LogP contribution is -2.00. The summed E-state index contributed by atoms with van der Waals surface area (Å²) in [5.74, 6) is -0.0705. The summed E-state index contributed by atoms with van der Waals surface area (Å²) in [7, 11) is 0. The van der Waals surface area contributed by atoms with E-state index in [0.29, 0.717) is 6.61 Å². The predicted molar refractivity (Wildman–Crippen MR) is 98.3 cm³/mol. The van der Waals surface area contributed by atoms with Crippen molar-refractivity contribution in [1.29, 1.82) is 0 Å². The average Bonchev–Trinajstić information content (AvgIpc) is 3.11. The number of aromatic nitrogens is 1. The second-order valence-electron chi connectivity index (χ2n) is 5.67. The fourth-order valence-corrected chi connectivity index (χ4v) is 3.35. The lowest BCUT2D eigenvalue weighted by Gasteiger charge is -2.11. The summed E-state index contributed by atoms with van der Waals surface area (Å²) in [5, 5.41) is 11.4. The molecule has 0 saturated carbocycles. The molecule has 5 heteroatoms. The first-order valence-electron chi connectivity index (χ1n) is 8.14. The van der Waals surface area contributed by atoms with Crippen molar-refractivity contribution in [3.8, 4) is 5.75 Å². The van der Waals surface area contributed by atoms with Crippen molar-refractivity contribution >= 4 is 17.3 Å². The summed E-state index contributed by atoms with van der Waals surface area (Å²) in [6.45, 7) is 0.548. The van der Waals surface area contributed by atoms with Crippen molar-refractivity contribution in [2.75, 3.05) is 0 Å². The fourth-order valence-electron chi connectivity index (χ4n) is 2.54. The minimum absolute atomic E-state index is 0.131. The van der Waals surface area contributed by atoms with Crippen LogP contribution in [-0.4, -0.2) is 16.1 Å². The van der Waals surface area contributed by atoms with Crippen LogP contribution < -0.4 is 4.74 Å². The van der Waals surface area contributed by atoms with E-state index in [0.717, 1.165) is 41.1 Å². The van der Waals surface area contributed by atoms with E-state index < -0.39 is 5.97 Å². The highest BCUT2D eigenvalue weighted by atomic mass is 32.1. The number of ether oxygens (including phenoxy) is 1. The Balaban J connectivity index is 1.56. The van der Waals surface area contributed by atoms with Crippen molar-refractivity contribution in [1.82, 2.24) is 4.98 Å². The van der Waals surface area contributed by atoms with E-state index in [1.54, 1.807) is 5.38 Å². The van der Waals surface area contributed by atoms with Crippen molar-refractivity contribution in [2.24, 2.45) is 0 Å². The van der Waals surface area contributed by atoms with E-state index in [-0.39, 0.29) is 5.69 Å².